The molecule has 0 aliphatic heterocycles. The van der Waals surface area contributed by atoms with Crippen LogP contribution in [-0.4, -0.2) is 21.0 Å². The lowest BCUT2D eigenvalue weighted by Crippen LogP contribution is -2.13. The Balaban J connectivity index is 2.15. The van der Waals surface area contributed by atoms with Gasteiger partial charge in [-0.1, -0.05) is 23.7 Å². The quantitative estimate of drug-likeness (QED) is 0.699. The van der Waals surface area contributed by atoms with Gasteiger partial charge in [-0.2, -0.15) is 13.2 Å². The maximum absolute atomic E-state index is 13.0. The second kappa shape index (κ2) is 6.21. The van der Waals surface area contributed by atoms with Crippen LogP contribution >= 0.6 is 11.6 Å². The van der Waals surface area contributed by atoms with Crippen molar-refractivity contribution in [3.63, 3.8) is 0 Å². The molecule has 0 aliphatic rings. The number of carboxylic acids is 1. The Morgan fingerprint density at radius 1 is 1.12 bits per heavy atom. The molecule has 3 rings (SSSR count). The average molecular weight is 368 g/mol. The van der Waals surface area contributed by atoms with Crippen molar-refractivity contribution in [3.8, 4) is 0 Å². The van der Waals surface area contributed by atoms with E-state index >= 15 is 0 Å². The molecule has 0 unspecified atom stereocenters. The summed E-state index contributed by atoms with van der Waals surface area (Å²) in [7, 11) is 0. The number of halogens is 4. The number of rotatable bonds is 3. The molecule has 25 heavy (non-hydrogen) atoms. The highest BCUT2D eigenvalue weighted by atomic mass is 35.5. The van der Waals surface area contributed by atoms with E-state index in [4.69, 9.17) is 16.7 Å². The molecule has 0 saturated heterocycles. The number of aromatic nitrogens is 2. The van der Waals surface area contributed by atoms with Crippen molar-refractivity contribution < 1.29 is 23.1 Å². The summed E-state index contributed by atoms with van der Waals surface area (Å²) in [4.78, 5) is 18.1. The first-order chi connectivity index (χ1) is 11.8. The summed E-state index contributed by atoms with van der Waals surface area (Å²) in [6.45, 7) is 0. The van der Waals surface area contributed by atoms with Gasteiger partial charge in [0.1, 0.15) is 5.82 Å². The van der Waals surface area contributed by atoms with Crippen molar-refractivity contribution in [1.29, 1.82) is 0 Å². The second-order valence-corrected chi connectivity index (χ2v) is 5.44. The Kier molecular flexibility index (Phi) is 4.22. The monoisotopic (exact) mass is 367 g/mol. The first-order valence-corrected chi connectivity index (χ1v) is 7.27. The minimum atomic E-state index is -4.73. The first-order valence-electron chi connectivity index (χ1n) is 6.89. The van der Waals surface area contributed by atoms with Gasteiger partial charge in [-0.25, -0.2) is 14.8 Å². The van der Waals surface area contributed by atoms with E-state index in [0.717, 1.165) is 0 Å². The lowest BCUT2D eigenvalue weighted by Gasteiger charge is -2.13. The minimum absolute atomic E-state index is 0.0682. The maximum Gasteiger partial charge on any atom is 0.451 e. The number of aromatic carboxylic acids is 1. The smallest absolute Gasteiger partial charge is 0.451 e. The Hall–Kier alpha value is -2.87. The van der Waals surface area contributed by atoms with Gasteiger partial charge in [0.15, 0.2) is 0 Å². The third-order valence-corrected chi connectivity index (χ3v) is 3.65. The molecule has 0 amide bonds. The van der Waals surface area contributed by atoms with Crippen LogP contribution in [0.2, 0.25) is 5.02 Å². The minimum Gasteiger partial charge on any atom is -0.478 e. The topological polar surface area (TPSA) is 75.1 Å². The number of nitrogens with zero attached hydrogens (tertiary/aromatic N) is 2. The fourth-order valence-electron chi connectivity index (χ4n) is 2.18. The van der Waals surface area contributed by atoms with Gasteiger partial charge in [0.05, 0.1) is 21.8 Å². The SMILES string of the molecule is O=C(O)c1ccc(Cl)c(Nc2nc(C(F)(F)F)nc3ccccc23)c1. The number of hydrogen-bond acceptors (Lipinski definition) is 4. The highest BCUT2D eigenvalue weighted by Crippen LogP contribution is 2.33. The van der Waals surface area contributed by atoms with Crippen LogP contribution < -0.4 is 5.32 Å². The number of carboxylic acid groups (broad SMARTS) is 1. The number of carbonyl (C=O) groups is 1. The molecule has 0 fully saturated rings. The van der Waals surface area contributed by atoms with E-state index in [-0.39, 0.29) is 27.6 Å². The fourth-order valence-corrected chi connectivity index (χ4v) is 2.35. The summed E-state index contributed by atoms with van der Waals surface area (Å²) >= 11 is 6.01. The molecule has 3 aromatic rings. The molecule has 0 aliphatic carbocycles. The van der Waals surface area contributed by atoms with Crippen LogP contribution in [-0.2, 0) is 6.18 Å². The highest BCUT2D eigenvalue weighted by molar-refractivity contribution is 6.33. The molecular formula is C16H9ClF3N3O2. The van der Waals surface area contributed by atoms with E-state index in [1.165, 1.54) is 24.3 Å². The van der Waals surface area contributed by atoms with Crippen LogP contribution in [0.5, 0.6) is 0 Å². The molecule has 0 radical (unpaired) electrons. The van der Waals surface area contributed by atoms with Crippen molar-refractivity contribution >= 4 is 40.0 Å². The van der Waals surface area contributed by atoms with Crippen molar-refractivity contribution in [3.05, 3.63) is 58.9 Å². The molecule has 1 heterocycles. The van der Waals surface area contributed by atoms with Crippen LogP contribution in [0.15, 0.2) is 42.5 Å². The molecule has 0 bridgehead atoms. The summed E-state index contributed by atoms with van der Waals surface area (Å²) in [5.74, 6) is -2.62. The Bertz CT molecular complexity index is 976. The zero-order chi connectivity index (χ0) is 18.2. The number of alkyl halides is 3. The van der Waals surface area contributed by atoms with E-state index in [9.17, 15) is 18.0 Å². The molecule has 2 aromatic carbocycles. The van der Waals surface area contributed by atoms with Gasteiger partial charge in [0.25, 0.3) is 0 Å². The van der Waals surface area contributed by atoms with Crippen molar-refractivity contribution in [1.82, 2.24) is 9.97 Å². The number of benzene rings is 2. The molecule has 2 N–H and O–H groups in total. The third-order valence-electron chi connectivity index (χ3n) is 3.32. The van der Waals surface area contributed by atoms with Gasteiger partial charge < -0.3 is 10.4 Å². The van der Waals surface area contributed by atoms with Crippen molar-refractivity contribution in [2.24, 2.45) is 0 Å². The summed E-state index contributed by atoms with van der Waals surface area (Å²) in [6.07, 6.45) is -4.73. The van der Waals surface area contributed by atoms with Crippen LogP contribution in [0, 0.1) is 0 Å². The van der Waals surface area contributed by atoms with Gasteiger partial charge in [0, 0.05) is 5.39 Å². The number of anilines is 2. The first kappa shape index (κ1) is 17.0. The molecule has 1 aromatic heterocycles. The molecule has 9 heteroatoms. The summed E-state index contributed by atoms with van der Waals surface area (Å²) in [5, 5.41) is 12.2. The van der Waals surface area contributed by atoms with Crippen LogP contribution in [0.4, 0.5) is 24.7 Å². The molecular weight excluding hydrogens is 359 g/mol. The van der Waals surface area contributed by atoms with Crippen molar-refractivity contribution in [2.75, 3.05) is 5.32 Å². The lowest BCUT2D eigenvalue weighted by atomic mass is 10.2. The third kappa shape index (κ3) is 3.48. The summed E-state index contributed by atoms with van der Waals surface area (Å²) in [5.41, 5.74) is 0.151. The number of fused-ring (bicyclic) bond motifs is 1. The predicted octanol–water partition coefficient (Wildman–Crippen LogP) is 4.74. The summed E-state index contributed by atoms with van der Waals surface area (Å²) < 4.78 is 39.1. The average Bonchev–Trinajstić information content (AvgIpc) is 2.55. The van der Waals surface area contributed by atoms with Crippen LogP contribution in [0.3, 0.4) is 0 Å². The highest BCUT2D eigenvalue weighted by Gasteiger charge is 2.35. The maximum atomic E-state index is 13.0. The van der Waals surface area contributed by atoms with Gasteiger partial charge in [-0.05, 0) is 30.3 Å². The Morgan fingerprint density at radius 3 is 2.52 bits per heavy atom. The second-order valence-electron chi connectivity index (χ2n) is 5.04. The van der Waals surface area contributed by atoms with Crippen molar-refractivity contribution in [2.45, 2.75) is 6.18 Å². The molecule has 0 spiro atoms. The number of para-hydroxylation sites is 1. The van der Waals surface area contributed by atoms with Gasteiger partial charge in [0.2, 0.25) is 5.82 Å². The van der Waals surface area contributed by atoms with E-state index in [0.29, 0.717) is 5.39 Å². The van der Waals surface area contributed by atoms with E-state index < -0.39 is 18.0 Å². The van der Waals surface area contributed by atoms with Gasteiger partial charge in [-0.3, -0.25) is 0 Å². The molecule has 0 atom stereocenters. The fraction of sp³-hybridized carbons (Fsp3) is 0.0625. The van der Waals surface area contributed by atoms with Crippen LogP contribution in [0.1, 0.15) is 16.2 Å². The summed E-state index contributed by atoms with van der Waals surface area (Å²) in [6, 6.07) is 9.99. The normalized spacial score (nSPS) is 11.5. The van der Waals surface area contributed by atoms with E-state index in [2.05, 4.69) is 15.3 Å². The van der Waals surface area contributed by atoms with Crippen LogP contribution in [0.25, 0.3) is 10.9 Å². The largest absolute Gasteiger partial charge is 0.478 e. The standard InChI is InChI=1S/C16H9ClF3N3O2/c17-10-6-5-8(14(24)25)7-12(10)21-13-9-3-1-2-4-11(9)22-15(23-13)16(18,19)20/h1-7H,(H,24,25)(H,21,22,23). The van der Waals surface area contributed by atoms with Gasteiger partial charge in [-0.15, -0.1) is 0 Å². The molecule has 5 nitrogen and oxygen atoms in total. The predicted molar refractivity (Wildman–Crippen MR) is 86.2 cm³/mol. The number of hydrogen-bond donors (Lipinski definition) is 2. The zero-order valence-corrected chi connectivity index (χ0v) is 13.1. The van der Waals surface area contributed by atoms with E-state index in [1.807, 2.05) is 0 Å². The lowest BCUT2D eigenvalue weighted by molar-refractivity contribution is -0.144. The van der Waals surface area contributed by atoms with Gasteiger partial charge >= 0.3 is 12.1 Å². The van der Waals surface area contributed by atoms with E-state index in [1.54, 1.807) is 18.2 Å². The zero-order valence-electron chi connectivity index (χ0n) is 12.3. The molecule has 0 saturated carbocycles. The Labute approximate surface area is 144 Å². The number of nitrogens with one attached hydrogen (secondary N) is 1. The molecule has 128 valence electrons. The Morgan fingerprint density at radius 2 is 1.84 bits per heavy atom.